The molecule has 5 rings (SSSR count). The summed E-state index contributed by atoms with van der Waals surface area (Å²) in [6.45, 7) is 2.28. The Morgan fingerprint density at radius 2 is 1.77 bits per heavy atom. The van der Waals surface area contributed by atoms with Crippen LogP contribution in [-0.4, -0.2) is 10.8 Å². The smallest absolute Gasteiger partial charge is 0.291 e. The first-order valence-corrected chi connectivity index (χ1v) is 10.1. The molecular weight excluding hydrogens is 398 g/mol. The molecule has 0 fully saturated rings. The maximum Gasteiger partial charge on any atom is 0.291 e. The molecule has 0 bridgehead atoms. The van der Waals surface area contributed by atoms with Gasteiger partial charge in [0, 0.05) is 11.6 Å². The number of amides is 1. The highest BCUT2D eigenvalue weighted by Gasteiger charge is 2.42. The Labute approximate surface area is 178 Å². The predicted octanol–water partition coefficient (Wildman–Crippen LogP) is 5.50. The van der Waals surface area contributed by atoms with Crippen LogP contribution < -0.4 is 5.43 Å². The molecule has 0 saturated heterocycles. The Hall–Kier alpha value is -3.37. The zero-order valence-corrected chi connectivity index (χ0v) is 17.0. The highest BCUT2D eigenvalue weighted by molar-refractivity contribution is 6.30. The van der Waals surface area contributed by atoms with Crippen molar-refractivity contribution in [3.8, 4) is 0 Å². The third-order valence-corrected chi connectivity index (χ3v) is 5.72. The van der Waals surface area contributed by atoms with Gasteiger partial charge in [0.25, 0.3) is 5.91 Å². The molecule has 4 nitrogen and oxygen atoms in total. The fourth-order valence-corrected chi connectivity index (χ4v) is 4.30. The molecule has 1 amide bonds. The molecule has 2 heterocycles. The highest BCUT2D eigenvalue weighted by atomic mass is 35.5. The second-order valence-corrected chi connectivity index (χ2v) is 7.99. The van der Waals surface area contributed by atoms with Crippen molar-refractivity contribution in [3.05, 3.63) is 116 Å². The van der Waals surface area contributed by atoms with Crippen molar-refractivity contribution in [2.24, 2.45) is 0 Å². The minimum Gasteiger partial charge on any atom is -0.450 e. The fraction of sp³-hybridized carbons (Fsp3) is 0.120. The lowest BCUT2D eigenvalue weighted by Crippen LogP contribution is -2.29. The minimum absolute atomic E-state index is 0.109. The SMILES string of the molecule is Cc1ccc2oc3c(c(=O)c2c1)[C@@H](c1cccc(Cl)c1)N(Cc1ccccc1)C3=O. The van der Waals surface area contributed by atoms with Crippen LogP contribution in [0.3, 0.4) is 0 Å². The van der Waals surface area contributed by atoms with Gasteiger partial charge in [-0.05, 0) is 42.3 Å². The van der Waals surface area contributed by atoms with Gasteiger partial charge in [0.05, 0.1) is 17.0 Å². The summed E-state index contributed by atoms with van der Waals surface area (Å²) in [5, 5.41) is 1.03. The molecular formula is C25H18ClNO3. The van der Waals surface area contributed by atoms with E-state index in [4.69, 9.17) is 16.0 Å². The van der Waals surface area contributed by atoms with Crippen LogP contribution in [0.2, 0.25) is 5.02 Å². The molecule has 0 N–H and O–H groups in total. The molecule has 0 radical (unpaired) electrons. The standard InChI is InChI=1S/C25H18ClNO3/c1-15-10-11-20-19(12-15)23(28)21-22(17-8-5-9-18(26)13-17)27(25(29)24(21)30-20)14-16-6-3-2-4-7-16/h2-13,22H,14H2,1H3/t22-/m1/s1. The number of halogens is 1. The average molecular weight is 416 g/mol. The summed E-state index contributed by atoms with van der Waals surface area (Å²) in [7, 11) is 0. The van der Waals surface area contributed by atoms with Crippen LogP contribution in [0, 0.1) is 6.92 Å². The molecule has 0 unspecified atom stereocenters. The van der Waals surface area contributed by atoms with Gasteiger partial charge in [-0.25, -0.2) is 0 Å². The Kier molecular flexibility index (Phi) is 4.44. The van der Waals surface area contributed by atoms with Crippen molar-refractivity contribution in [3.63, 3.8) is 0 Å². The lowest BCUT2D eigenvalue weighted by Gasteiger charge is -2.25. The molecule has 5 heteroatoms. The maximum atomic E-state index is 13.5. The molecule has 30 heavy (non-hydrogen) atoms. The topological polar surface area (TPSA) is 50.5 Å². The number of benzene rings is 3. The lowest BCUT2D eigenvalue weighted by molar-refractivity contribution is 0.0714. The van der Waals surface area contributed by atoms with Gasteiger partial charge in [-0.1, -0.05) is 65.7 Å². The van der Waals surface area contributed by atoms with E-state index in [0.717, 1.165) is 16.7 Å². The van der Waals surface area contributed by atoms with E-state index in [-0.39, 0.29) is 17.1 Å². The second kappa shape index (κ2) is 7.15. The normalized spacial score (nSPS) is 15.6. The number of carbonyl (C=O) groups is 1. The van der Waals surface area contributed by atoms with E-state index in [0.29, 0.717) is 28.1 Å². The molecule has 1 atom stereocenters. The largest absolute Gasteiger partial charge is 0.450 e. The van der Waals surface area contributed by atoms with Crippen LogP contribution in [0.5, 0.6) is 0 Å². The van der Waals surface area contributed by atoms with Crippen LogP contribution in [0.4, 0.5) is 0 Å². The van der Waals surface area contributed by atoms with Gasteiger partial charge in [0.2, 0.25) is 5.76 Å². The quantitative estimate of drug-likeness (QED) is 0.444. The molecule has 1 aliphatic rings. The van der Waals surface area contributed by atoms with Gasteiger partial charge < -0.3 is 9.32 Å². The third-order valence-electron chi connectivity index (χ3n) is 5.48. The molecule has 1 aromatic heterocycles. The van der Waals surface area contributed by atoms with E-state index in [1.165, 1.54) is 0 Å². The van der Waals surface area contributed by atoms with Crippen LogP contribution in [0.25, 0.3) is 11.0 Å². The molecule has 0 aliphatic carbocycles. The Balaban J connectivity index is 1.75. The van der Waals surface area contributed by atoms with E-state index >= 15 is 0 Å². The number of rotatable bonds is 3. The van der Waals surface area contributed by atoms with Crippen molar-refractivity contribution >= 4 is 28.5 Å². The Bertz CT molecular complexity index is 1340. The van der Waals surface area contributed by atoms with E-state index in [9.17, 15) is 9.59 Å². The summed E-state index contributed by atoms with van der Waals surface area (Å²) in [6.07, 6.45) is 0. The van der Waals surface area contributed by atoms with Gasteiger partial charge in [-0.2, -0.15) is 0 Å². The maximum absolute atomic E-state index is 13.5. The molecule has 0 spiro atoms. The summed E-state index contributed by atoms with van der Waals surface area (Å²) in [5.74, 6) is -0.185. The number of carbonyl (C=O) groups excluding carboxylic acids is 1. The number of aryl methyl sites for hydroxylation is 1. The zero-order chi connectivity index (χ0) is 20.8. The first kappa shape index (κ1) is 18.6. The van der Waals surface area contributed by atoms with E-state index in [1.54, 1.807) is 29.2 Å². The van der Waals surface area contributed by atoms with Gasteiger partial charge in [0.1, 0.15) is 5.58 Å². The van der Waals surface area contributed by atoms with Crippen molar-refractivity contribution in [1.29, 1.82) is 0 Å². The van der Waals surface area contributed by atoms with Crippen molar-refractivity contribution in [2.75, 3.05) is 0 Å². The van der Waals surface area contributed by atoms with Crippen LogP contribution in [0.1, 0.15) is 38.9 Å². The summed E-state index contributed by atoms with van der Waals surface area (Å²) >= 11 is 6.25. The molecule has 1 aliphatic heterocycles. The summed E-state index contributed by atoms with van der Waals surface area (Å²) < 4.78 is 5.98. The average Bonchev–Trinajstić information content (AvgIpc) is 3.02. The van der Waals surface area contributed by atoms with Gasteiger partial charge in [-0.15, -0.1) is 0 Å². The monoisotopic (exact) mass is 415 g/mol. The Morgan fingerprint density at radius 3 is 2.53 bits per heavy atom. The van der Waals surface area contributed by atoms with Crippen molar-refractivity contribution in [2.45, 2.75) is 19.5 Å². The lowest BCUT2D eigenvalue weighted by atomic mass is 9.98. The van der Waals surface area contributed by atoms with Crippen LogP contribution >= 0.6 is 11.6 Å². The van der Waals surface area contributed by atoms with Crippen LogP contribution in [-0.2, 0) is 6.54 Å². The molecule has 0 saturated carbocycles. The zero-order valence-electron chi connectivity index (χ0n) is 16.3. The van der Waals surface area contributed by atoms with Gasteiger partial charge in [-0.3, -0.25) is 9.59 Å². The molecule has 4 aromatic rings. The van der Waals surface area contributed by atoms with E-state index in [2.05, 4.69) is 0 Å². The fourth-order valence-electron chi connectivity index (χ4n) is 4.10. The van der Waals surface area contributed by atoms with Crippen molar-refractivity contribution < 1.29 is 9.21 Å². The van der Waals surface area contributed by atoms with Gasteiger partial charge >= 0.3 is 0 Å². The Morgan fingerprint density at radius 1 is 0.967 bits per heavy atom. The number of hydrogen-bond donors (Lipinski definition) is 0. The van der Waals surface area contributed by atoms with E-state index in [1.807, 2.05) is 55.5 Å². The van der Waals surface area contributed by atoms with Crippen molar-refractivity contribution in [1.82, 2.24) is 4.90 Å². The highest BCUT2D eigenvalue weighted by Crippen LogP contribution is 2.39. The third kappa shape index (κ3) is 3.01. The molecule has 3 aromatic carbocycles. The second-order valence-electron chi connectivity index (χ2n) is 7.55. The van der Waals surface area contributed by atoms with Crippen LogP contribution in [0.15, 0.2) is 82.0 Å². The molecule has 148 valence electrons. The number of hydrogen-bond acceptors (Lipinski definition) is 3. The minimum atomic E-state index is -0.562. The number of nitrogens with zero attached hydrogens (tertiary/aromatic N) is 1. The van der Waals surface area contributed by atoms with E-state index < -0.39 is 6.04 Å². The first-order valence-electron chi connectivity index (χ1n) is 9.70. The van der Waals surface area contributed by atoms with Gasteiger partial charge in [0.15, 0.2) is 5.43 Å². The number of fused-ring (bicyclic) bond motifs is 2. The first-order chi connectivity index (χ1) is 14.5. The predicted molar refractivity (Wildman–Crippen MR) is 117 cm³/mol. The summed E-state index contributed by atoms with van der Waals surface area (Å²) in [5.41, 5.74) is 3.33. The summed E-state index contributed by atoms with van der Waals surface area (Å²) in [4.78, 5) is 28.6. The summed E-state index contributed by atoms with van der Waals surface area (Å²) in [6, 6.07) is 21.8.